The first-order chi connectivity index (χ1) is 16.6. The normalized spacial score (nSPS) is 17.5. The van der Waals surface area contributed by atoms with Crippen molar-refractivity contribution in [3.05, 3.63) is 88.7 Å². The summed E-state index contributed by atoms with van der Waals surface area (Å²) in [4.78, 5) is 31.3. The maximum atomic E-state index is 13.1. The van der Waals surface area contributed by atoms with Crippen LogP contribution in [-0.4, -0.2) is 35.3 Å². The number of benzene rings is 2. The molecule has 0 radical (unpaired) electrons. The van der Waals surface area contributed by atoms with Crippen LogP contribution in [0.5, 0.6) is 11.5 Å². The number of carbonyl (C=O) groups excluding carboxylic acids is 2. The van der Waals surface area contributed by atoms with Crippen molar-refractivity contribution in [1.82, 2.24) is 4.98 Å². The minimum absolute atomic E-state index is 0.113. The molecule has 3 aromatic rings. The highest BCUT2D eigenvalue weighted by Gasteiger charge is 2.47. The molecule has 0 bridgehead atoms. The number of alkyl halides is 3. The number of nitrogens with zero attached hydrogens (tertiary/aromatic N) is 2. The average molecular weight is 505 g/mol. The van der Waals surface area contributed by atoms with Gasteiger partial charge in [-0.05, 0) is 54.1 Å². The van der Waals surface area contributed by atoms with Gasteiger partial charge in [-0.15, -0.1) is 13.2 Å². The van der Waals surface area contributed by atoms with Crippen molar-refractivity contribution in [1.29, 1.82) is 0 Å². The number of aromatic nitrogens is 1. The number of anilines is 1. The molecular weight excluding hydrogens is 489 g/mol. The Morgan fingerprint density at radius 1 is 1.11 bits per heavy atom. The second-order valence-corrected chi connectivity index (χ2v) is 7.75. The highest BCUT2D eigenvalue weighted by atomic mass is 35.5. The number of hydrogen-bond acceptors (Lipinski definition) is 6. The molecule has 7 nitrogen and oxygen atoms in total. The third-order valence-corrected chi connectivity index (χ3v) is 5.51. The number of methoxy groups -OCH3 is 1. The second-order valence-electron chi connectivity index (χ2n) is 7.35. The Bertz CT molecular complexity index is 1310. The number of rotatable bonds is 5. The lowest BCUT2D eigenvalue weighted by molar-refractivity contribution is -0.274. The van der Waals surface area contributed by atoms with E-state index in [2.05, 4.69) is 9.72 Å². The number of aliphatic hydroxyl groups is 1. The Balaban J connectivity index is 1.84. The fraction of sp³-hybridized carbons (Fsp3) is 0.125. The lowest BCUT2D eigenvalue weighted by Gasteiger charge is -2.25. The standard InChI is InChI=1S/C24H16ClF3N2O5/c1-34-18-9-4-13(11-17(18)25)21(31)19-20(14-3-2-10-29-12-14)30(23(33)22(19)32)15-5-7-16(8-6-15)35-24(26,27)28/h2-12,20,31H,1H3/b21-19-. The maximum absolute atomic E-state index is 13.1. The molecule has 35 heavy (non-hydrogen) atoms. The predicted molar refractivity (Wildman–Crippen MR) is 120 cm³/mol. The highest BCUT2D eigenvalue weighted by molar-refractivity contribution is 6.51. The van der Waals surface area contributed by atoms with Gasteiger partial charge < -0.3 is 14.6 Å². The molecule has 0 aliphatic carbocycles. The lowest BCUT2D eigenvalue weighted by Crippen LogP contribution is -2.29. The Labute approximate surface area is 202 Å². The van der Waals surface area contributed by atoms with Gasteiger partial charge in [0.15, 0.2) is 0 Å². The van der Waals surface area contributed by atoms with E-state index in [-0.39, 0.29) is 21.8 Å². The van der Waals surface area contributed by atoms with Crippen LogP contribution in [0, 0.1) is 0 Å². The average Bonchev–Trinajstić information content (AvgIpc) is 3.09. The van der Waals surface area contributed by atoms with Crippen LogP contribution in [0.1, 0.15) is 17.2 Å². The summed E-state index contributed by atoms with van der Waals surface area (Å²) in [7, 11) is 1.42. The van der Waals surface area contributed by atoms with Crippen molar-refractivity contribution < 1.29 is 37.3 Å². The molecule has 1 fully saturated rings. The summed E-state index contributed by atoms with van der Waals surface area (Å²) in [6.07, 6.45) is -1.98. The fourth-order valence-corrected chi connectivity index (χ4v) is 3.99. The Morgan fingerprint density at radius 2 is 1.83 bits per heavy atom. The van der Waals surface area contributed by atoms with Crippen LogP contribution in [0.4, 0.5) is 18.9 Å². The first-order valence-corrected chi connectivity index (χ1v) is 10.4. The van der Waals surface area contributed by atoms with E-state index in [1.54, 1.807) is 12.1 Å². The number of Topliss-reactive ketones (excluding diaryl/α,β-unsaturated/α-hetero) is 1. The number of ketones is 1. The van der Waals surface area contributed by atoms with E-state index in [9.17, 15) is 27.9 Å². The predicted octanol–water partition coefficient (Wildman–Crippen LogP) is 5.27. The minimum Gasteiger partial charge on any atom is -0.507 e. The molecule has 1 saturated heterocycles. The summed E-state index contributed by atoms with van der Waals surface area (Å²) < 4.78 is 46.6. The van der Waals surface area contributed by atoms with Crippen LogP contribution in [0.15, 0.2) is 72.6 Å². The van der Waals surface area contributed by atoms with Crippen LogP contribution in [0.3, 0.4) is 0 Å². The van der Waals surface area contributed by atoms with Crippen molar-refractivity contribution in [3.8, 4) is 11.5 Å². The first-order valence-electron chi connectivity index (χ1n) is 10.0. The molecule has 2 heterocycles. The largest absolute Gasteiger partial charge is 0.573 e. The summed E-state index contributed by atoms with van der Waals surface area (Å²) >= 11 is 6.16. The van der Waals surface area contributed by atoms with Gasteiger partial charge in [0, 0.05) is 23.6 Å². The van der Waals surface area contributed by atoms with Gasteiger partial charge in [0.1, 0.15) is 17.3 Å². The number of halogens is 4. The van der Waals surface area contributed by atoms with Gasteiger partial charge in [0.25, 0.3) is 11.7 Å². The Morgan fingerprint density at radius 3 is 2.40 bits per heavy atom. The number of aliphatic hydroxyl groups excluding tert-OH is 1. The summed E-state index contributed by atoms with van der Waals surface area (Å²) in [5, 5.41) is 11.3. The molecule has 1 aromatic heterocycles. The van der Waals surface area contributed by atoms with Gasteiger partial charge >= 0.3 is 6.36 Å². The van der Waals surface area contributed by atoms with Crippen LogP contribution < -0.4 is 14.4 Å². The molecule has 2 aromatic carbocycles. The van der Waals surface area contributed by atoms with Gasteiger partial charge in [-0.1, -0.05) is 17.7 Å². The molecule has 1 N–H and O–H groups in total. The molecule has 1 atom stereocenters. The fourth-order valence-electron chi connectivity index (χ4n) is 3.73. The molecule has 1 unspecified atom stereocenters. The first kappa shape index (κ1) is 24.1. The molecular formula is C24H16ClF3N2O5. The topological polar surface area (TPSA) is 89.0 Å². The smallest absolute Gasteiger partial charge is 0.507 e. The summed E-state index contributed by atoms with van der Waals surface area (Å²) in [6, 6.07) is 10.9. The van der Waals surface area contributed by atoms with Crippen molar-refractivity contribution in [2.45, 2.75) is 12.4 Å². The van der Waals surface area contributed by atoms with E-state index in [0.29, 0.717) is 11.3 Å². The third kappa shape index (κ3) is 4.78. The summed E-state index contributed by atoms with van der Waals surface area (Å²) in [5.74, 6) is -2.61. The van der Waals surface area contributed by atoms with E-state index in [4.69, 9.17) is 16.3 Å². The number of hydrogen-bond donors (Lipinski definition) is 1. The lowest BCUT2D eigenvalue weighted by atomic mass is 9.96. The maximum Gasteiger partial charge on any atom is 0.573 e. The zero-order chi connectivity index (χ0) is 25.3. The molecule has 1 amide bonds. The highest BCUT2D eigenvalue weighted by Crippen LogP contribution is 2.43. The number of ether oxygens (including phenoxy) is 2. The van der Waals surface area contributed by atoms with Crippen LogP contribution in [0.2, 0.25) is 5.02 Å². The third-order valence-electron chi connectivity index (χ3n) is 5.22. The van der Waals surface area contributed by atoms with Crippen molar-refractivity contribution in [2.24, 2.45) is 0 Å². The van der Waals surface area contributed by atoms with E-state index in [1.807, 2.05) is 0 Å². The molecule has 180 valence electrons. The van der Waals surface area contributed by atoms with E-state index < -0.39 is 35.6 Å². The van der Waals surface area contributed by atoms with Gasteiger partial charge in [-0.3, -0.25) is 19.5 Å². The van der Waals surface area contributed by atoms with Crippen molar-refractivity contribution in [2.75, 3.05) is 12.0 Å². The minimum atomic E-state index is -4.89. The van der Waals surface area contributed by atoms with E-state index in [1.165, 1.54) is 49.8 Å². The van der Waals surface area contributed by atoms with Crippen molar-refractivity contribution >= 4 is 34.7 Å². The van der Waals surface area contributed by atoms with Gasteiger partial charge in [-0.2, -0.15) is 0 Å². The van der Waals surface area contributed by atoms with Gasteiger partial charge in [-0.25, -0.2) is 0 Å². The molecule has 1 aliphatic rings. The summed E-state index contributed by atoms with van der Waals surface area (Å²) in [5.41, 5.74) is 0.433. The molecule has 4 rings (SSSR count). The van der Waals surface area contributed by atoms with E-state index in [0.717, 1.165) is 17.0 Å². The number of pyridine rings is 1. The Kier molecular flexibility index (Phi) is 6.40. The van der Waals surface area contributed by atoms with E-state index >= 15 is 0 Å². The quantitative estimate of drug-likeness (QED) is 0.289. The SMILES string of the molecule is COc1ccc(/C(O)=C2/C(=O)C(=O)N(c3ccc(OC(F)(F)F)cc3)C2c2cccnc2)cc1Cl. The second kappa shape index (κ2) is 9.30. The zero-order valence-corrected chi connectivity index (χ0v) is 18.7. The van der Waals surface area contributed by atoms with Gasteiger partial charge in [0.05, 0.1) is 23.7 Å². The van der Waals surface area contributed by atoms with Crippen molar-refractivity contribution in [3.63, 3.8) is 0 Å². The van der Waals surface area contributed by atoms with Crippen LogP contribution >= 0.6 is 11.6 Å². The monoisotopic (exact) mass is 504 g/mol. The van der Waals surface area contributed by atoms with Gasteiger partial charge in [0.2, 0.25) is 0 Å². The molecule has 0 saturated carbocycles. The summed E-state index contributed by atoms with van der Waals surface area (Å²) in [6.45, 7) is 0. The number of carbonyl (C=O) groups is 2. The zero-order valence-electron chi connectivity index (χ0n) is 17.9. The van der Waals surface area contributed by atoms with Crippen LogP contribution in [0.25, 0.3) is 5.76 Å². The Hall–Kier alpha value is -4.05. The molecule has 11 heteroatoms. The number of amides is 1. The molecule has 1 aliphatic heterocycles. The van der Waals surface area contributed by atoms with Crippen LogP contribution in [-0.2, 0) is 9.59 Å². The molecule has 0 spiro atoms.